The number of halogens is 3. The maximum Gasteiger partial charge on any atom is 0.416 e. The van der Waals surface area contributed by atoms with E-state index in [4.69, 9.17) is 10.5 Å². The zero-order valence-electron chi connectivity index (χ0n) is 16.0. The predicted octanol–water partition coefficient (Wildman–Crippen LogP) is 4.64. The number of ether oxygens (including phenoxy) is 1. The van der Waals surface area contributed by atoms with Crippen LogP contribution in [0, 0.1) is 0 Å². The molecule has 0 saturated carbocycles. The van der Waals surface area contributed by atoms with Crippen LogP contribution in [0.5, 0.6) is 0 Å². The number of primary amides is 1. The minimum atomic E-state index is -4.37. The standard InChI is InChI=1S/C21H23F3N2O3/c1-2-3-4-18(29-20(25)28)19(27)26-13-14-5-7-15(8-6-14)16-9-11-17(12-10-16)21(22,23)24/h5-12,18H,2-4,13H2,1H3,(H2,25,28)(H,26,27)/t18-/m0/s1. The summed E-state index contributed by atoms with van der Waals surface area (Å²) in [7, 11) is 0. The summed E-state index contributed by atoms with van der Waals surface area (Å²) in [5.74, 6) is -0.427. The smallest absolute Gasteiger partial charge is 0.416 e. The van der Waals surface area contributed by atoms with Gasteiger partial charge in [0.1, 0.15) is 0 Å². The first kappa shape index (κ1) is 22.3. The van der Waals surface area contributed by atoms with Crippen molar-refractivity contribution in [3.8, 4) is 11.1 Å². The molecule has 3 N–H and O–H groups in total. The number of unbranched alkanes of at least 4 members (excludes halogenated alkanes) is 1. The van der Waals surface area contributed by atoms with Crippen LogP contribution in [-0.2, 0) is 22.3 Å². The van der Waals surface area contributed by atoms with Crippen molar-refractivity contribution in [3.05, 3.63) is 59.7 Å². The van der Waals surface area contributed by atoms with Gasteiger partial charge in [0.2, 0.25) is 0 Å². The van der Waals surface area contributed by atoms with Crippen LogP contribution in [0.1, 0.15) is 37.3 Å². The molecular formula is C21H23F3N2O3. The number of hydrogen-bond acceptors (Lipinski definition) is 3. The first-order valence-electron chi connectivity index (χ1n) is 9.21. The molecule has 5 nitrogen and oxygen atoms in total. The first-order valence-corrected chi connectivity index (χ1v) is 9.21. The Hall–Kier alpha value is -3.03. The molecule has 0 aliphatic heterocycles. The third kappa shape index (κ3) is 6.81. The van der Waals surface area contributed by atoms with Crippen molar-refractivity contribution >= 4 is 12.0 Å². The second kappa shape index (κ2) is 9.95. The Kier molecular flexibility index (Phi) is 7.64. The van der Waals surface area contributed by atoms with Gasteiger partial charge in [-0.15, -0.1) is 0 Å². The molecule has 2 aromatic carbocycles. The van der Waals surface area contributed by atoms with Crippen molar-refractivity contribution in [2.75, 3.05) is 0 Å². The van der Waals surface area contributed by atoms with Gasteiger partial charge in [-0.1, -0.05) is 49.7 Å². The van der Waals surface area contributed by atoms with Gasteiger partial charge in [-0.25, -0.2) is 4.79 Å². The van der Waals surface area contributed by atoms with Crippen molar-refractivity contribution in [1.29, 1.82) is 0 Å². The van der Waals surface area contributed by atoms with E-state index in [-0.39, 0.29) is 6.54 Å². The number of carbonyl (C=O) groups is 2. The van der Waals surface area contributed by atoms with Crippen molar-refractivity contribution < 1.29 is 27.5 Å². The van der Waals surface area contributed by atoms with Crippen LogP contribution in [0.15, 0.2) is 48.5 Å². The summed E-state index contributed by atoms with van der Waals surface area (Å²) in [6.45, 7) is 2.17. The lowest BCUT2D eigenvalue weighted by atomic mass is 10.0. The third-order valence-electron chi connectivity index (χ3n) is 4.34. The molecule has 2 rings (SSSR count). The van der Waals surface area contributed by atoms with Crippen molar-refractivity contribution in [2.24, 2.45) is 5.73 Å². The van der Waals surface area contributed by atoms with Gasteiger partial charge in [0, 0.05) is 6.54 Å². The van der Waals surface area contributed by atoms with Crippen LogP contribution >= 0.6 is 0 Å². The lowest BCUT2D eigenvalue weighted by Crippen LogP contribution is -2.38. The largest absolute Gasteiger partial charge is 0.436 e. The first-order chi connectivity index (χ1) is 13.7. The maximum atomic E-state index is 12.7. The van der Waals surface area contributed by atoms with E-state index in [0.29, 0.717) is 18.4 Å². The van der Waals surface area contributed by atoms with Crippen molar-refractivity contribution in [2.45, 2.75) is 45.0 Å². The van der Waals surface area contributed by atoms with Crippen molar-refractivity contribution in [1.82, 2.24) is 5.32 Å². The van der Waals surface area contributed by atoms with Crippen LogP contribution in [0.25, 0.3) is 11.1 Å². The van der Waals surface area contributed by atoms with E-state index < -0.39 is 29.8 Å². The minimum absolute atomic E-state index is 0.219. The number of hydrogen-bond donors (Lipinski definition) is 2. The van der Waals surface area contributed by atoms with E-state index in [2.05, 4.69) is 5.32 Å². The molecule has 0 saturated heterocycles. The average molecular weight is 408 g/mol. The molecule has 0 unspecified atom stereocenters. The molecule has 29 heavy (non-hydrogen) atoms. The lowest BCUT2D eigenvalue weighted by molar-refractivity contribution is -0.137. The fourth-order valence-corrected chi connectivity index (χ4v) is 2.74. The normalized spacial score (nSPS) is 12.3. The number of alkyl halides is 3. The van der Waals surface area contributed by atoms with Crippen molar-refractivity contribution in [3.63, 3.8) is 0 Å². The molecule has 1 atom stereocenters. The molecule has 0 bridgehead atoms. The number of nitrogens with two attached hydrogens (primary N) is 1. The molecule has 2 amide bonds. The fourth-order valence-electron chi connectivity index (χ4n) is 2.74. The molecule has 0 spiro atoms. The Labute approximate surface area is 167 Å². The second-order valence-electron chi connectivity index (χ2n) is 6.56. The molecule has 0 fully saturated rings. The van der Waals surface area contributed by atoms with Gasteiger partial charge in [-0.3, -0.25) is 4.79 Å². The number of carbonyl (C=O) groups excluding carboxylic acids is 2. The molecule has 0 aromatic heterocycles. The molecule has 8 heteroatoms. The fraction of sp³-hybridized carbons (Fsp3) is 0.333. The third-order valence-corrected chi connectivity index (χ3v) is 4.34. The average Bonchev–Trinajstić information content (AvgIpc) is 2.69. The van der Waals surface area contributed by atoms with E-state index in [9.17, 15) is 22.8 Å². The summed E-state index contributed by atoms with van der Waals surface area (Å²) in [6, 6.07) is 12.0. The highest BCUT2D eigenvalue weighted by atomic mass is 19.4. The summed E-state index contributed by atoms with van der Waals surface area (Å²) < 4.78 is 42.8. The second-order valence-corrected chi connectivity index (χ2v) is 6.56. The number of amides is 2. The Morgan fingerprint density at radius 2 is 1.59 bits per heavy atom. The van der Waals surface area contributed by atoms with Gasteiger partial charge < -0.3 is 15.8 Å². The Balaban J connectivity index is 1.97. The minimum Gasteiger partial charge on any atom is -0.436 e. The number of rotatable bonds is 8. The van der Waals surface area contributed by atoms with Crippen LogP contribution in [0.4, 0.5) is 18.0 Å². The van der Waals surface area contributed by atoms with Crippen LogP contribution < -0.4 is 11.1 Å². The molecule has 2 aromatic rings. The zero-order chi connectivity index (χ0) is 21.4. The zero-order valence-corrected chi connectivity index (χ0v) is 16.0. The number of nitrogens with one attached hydrogen (secondary N) is 1. The monoisotopic (exact) mass is 408 g/mol. The molecule has 0 aliphatic rings. The van der Waals surface area contributed by atoms with Gasteiger partial charge in [-0.2, -0.15) is 13.2 Å². The van der Waals surface area contributed by atoms with E-state index >= 15 is 0 Å². The summed E-state index contributed by atoms with van der Waals surface area (Å²) in [6.07, 6.45) is -4.35. The summed E-state index contributed by atoms with van der Waals surface area (Å²) in [5, 5.41) is 2.70. The van der Waals surface area contributed by atoms with Crippen LogP contribution in [0.2, 0.25) is 0 Å². The van der Waals surface area contributed by atoms with Crippen LogP contribution in [0.3, 0.4) is 0 Å². The van der Waals surface area contributed by atoms with Gasteiger partial charge in [0.15, 0.2) is 6.10 Å². The van der Waals surface area contributed by atoms with Gasteiger partial charge in [0.05, 0.1) is 5.56 Å². The van der Waals surface area contributed by atoms with E-state index in [0.717, 1.165) is 29.7 Å². The molecule has 0 radical (unpaired) electrons. The predicted molar refractivity (Wildman–Crippen MR) is 103 cm³/mol. The highest BCUT2D eigenvalue weighted by Gasteiger charge is 2.30. The molecule has 0 heterocycles. The highest BCUT2D eigenvalue weighted by molar-refractivity contribution is 5.83. The van der Waals surface area contributed by atoms with Gasteiger partial charge >= 0.3 is 12.3 Å². The quantitative estimate of drug-likeness (QED) is 0.668. The number of benzene rings is 2. The topological polar surface area (TPSA) is 81.4 Å². The van der Waals surface area contributed by atoms with E-state index in [1.54, 1.807) is 24.3 Å². The molecular weight excluding hydrogens is 385 g/mol. The summed E-state index contributed by atoms with van der Waals surface area (Å²) >= 11 is 0. The Morgan fingerprint density at radius 1 is 1.03 bits per heavy atom. The summed E-state index contributed by atoms with van der Waals surface area (Å²) in [5.41, 5.74) is 6.52. The van der Waals surface area contributed by atoms with Crippen LogP contribution in [-0.4, -0.2) is 18.1 Å². The van der Waals surface area contributed by atoms with E-state index in [1.165, 1.54) is 12.1 Å². The molecule has 156 valence electrons. The lowest BCUT2D eigenvalue weighted by Gasteiger charge is -2.16. The van der Waals surface area contributed by atoms with Gasteiger partial charge in [0.25, 0.3) is 5.91 Å². The maximum absolute atomic E-state index is 12.7. The SMILES string of the molecule is CCCC[C@H](OC(N)=O)C(=O)NCc1ccc(-c2ccc(C(F)(F)F)cc2)cc1. The highest BCUT2D eigenvalue weighted by Crippen LogP contribution is 2.31. The Bertz CT molecular complexity index is 819. The summed E-state index contributed by atoms with van der Waals surface area (Å²) in [4.78, 5) is 23.2. The van der Waals surface area contributed by atoms with E-state index in [1.807, 2.05) is 6.92 Å². The van der Waals surface area contributed by atoms with Gasteiger partial charge in [-0.05, 0) is 41.7 Å². The Morgan fingerprint density at radius 3 is 2.07 bits per heavy atom. The molecule has 0 aliphatic carbocycles.